The fraction of sp³-hybridized carbons (Fsp3) is 0.381. The molecule has 0 radical (unpaired) electrons. The lowest BCUT2D eigenvalue weighted by molar-refractivity contribution is 0.0945. The minimum Gasteiger partial charge on any atom is -0.493 e. The maximum absolute atomic E-state index is 12.6. The molecule has 0 saturated carbocycles. The summed E-state index contributed by atoms with van der Waals surface area (Å²) in [5.74, 6) is 2.46. The van der Waals surface area contributed by atoms with E-state index in [1.165, 1.54) is 0 Å². The summed E-state index contributed by atoms with van der Waals surface area (Å²) in [7, 11) is 3.11. The Kier molecular flexibility index (Phi) is 5.44. The van der Waals surface area contributed by atoms with E-state index in [0.717, 1.165) is 17.1 Å². The van der Waals surface area contributed by atoms with E-state index in [4.69, 9.17) is 18.9 Å². The van der Waals surface area contributed by atoms with Crippen LogP contribution in [0.2, 0.25) is 0 Å². The summed E-state index contributed by atoms with van der Waals surface area (Å²) in [4.78, 5) is 12.6. The van der Waals surface area contributed by atoms with Crippen molar-refractivity contribution in [2.45, 2.75) is 19.3 Å². The monoisotopic (exact) mass is 371 g/mol. The Balaban J connectivity index is 1.70. The molecular weight excluding hydrogens is 346 g/mol. The molecule has 2 aromatic rings. The van der Waals surface area contributed by atoms with Crippen molar-refractivity contribution in [2.24, 2.45) is 0 Å². The van der Waals surface area contributed by atoms with Crippen LogP contribution < -0.4 is 24.3 Å². The zero-order valence-corrected chi connectivity index (χ0v) is 16.1. The molecule has 1 aliphatic heterocycles. The third-order valence-corrected chi connectivity index (χ3v) is 4.66. The number of carbonyl (C=O) groups is 1. The van der Waals surface area contributed by atoms with Gasteiger partial charge < -0.3 is 24.3 Å². The molecule has 0 spiro atoms. The molecule has 0 unspecified atom stereocenters. The lowest BCUT2D eigenvalue weighted by atomic mass is 9.84. The van der Waals surface area contributed by atoms with Crippen molar-refractivity contribution in [3.63, 3.8) is 0 Å². The molecule has 144 valence electrons. The quantitative estimate of drug-likeness (QED) is 0.845. The molecular formula is C21H25NO5. The standard InChI is InChI=1S/C21H25NO5/c1-21(2,15-6-8-17-19(12-15)27-10-9-26-17)13-22-20(23)14-5-7-16(24-3)18(11-14)25-4/h5-8,11-12H,9-10,13H2,1-4H3,(H,22,23). The number of methoxy groups -OCH3 is 2. The van der Waals surface area contributed by atoms with Crippen LogP contribution in [0.1, 0.15) is 29.8 Å². The van der Waals surface area contributed by atoms with E-state index in [1.807, 2.05) is 18.2 Å². The van der Waals surface area contributed by atoms with Gasteiger partial charge in [0.2, 0.25) is 0 Å². The number of amides is 1. The summed E-state index contributed by atoms with van der Waals surface area (Å²) in [5, 5.41) is 3.00. The third kappa shape index (κ3) is 4.10. The first-order chi connectivity index (χ1) is 12.9. The van der Waals surface area contributed by atoms with E-state index < -0.39 is 0 Å². The third-order valence-electron chi connectivity index (χ3n) is 4.66. The lowest BCUT2D eigenvalue weighted by Crippen LogP contribution is -2.36. The highest BCUT2D eigenvalue weighted by Crippen LogP contribution is 2.35. The lowest BCUT2D eigenvalue weighted by Gasteiger charge is -2.28. The molecule has 27 heavy (non-hydrogen) atoms. The van der Waals surface area contributed by atoms with Gasteiger partial charge in [-0.25, -0.2) is 0 Å². The number of hydrogen-bond donors (Lipinski definition) is 1. The van der Waals surface area contributed by atoms with E-state index in [0.29, 0.717) is 36.8 Å². The van der Waals surface area contributed by atoms with Crippen LogP contribution in [-0.4, -0.2) is 39.9 Å². The summed E-state index contributed by atoms with van der Waals surface area (Å²) in [6.45, 7) is 5.74. The molecule has 0 aliphatic carbocycles. The van der Waals surface area contributed by atoms with Crippen molar-refractivity contribution in [1.29, 1.82) is 0 Å². The van der Waals surface area contributed by atoms with E-state index in [1.54, 1.807) is 32.4 Å². The van der Waals surface area contributed by atoms with E-state index >= 15 is 0 Å². The highest BCUT2D eigenvalue weighted by Gasteiger charge is 2.24. The number of fused-ring (bicyclic) bond motifs is 1. The fourth-order valence-electron chi connectivity index (χ4n) is 2.95. The second kappa shape index (κ2) is 7.78. The summed E-state index contributed by atoms with van der Waals surface area (Å²) < 4.78 is 21.7. The van der Waals surface area contributed by atoms with Crippen LogP contribution in [-0.2, 0) is 5.41 Å². The molecule has 1 N–H and O–H groups in total. The van der Waals surface area contributed by atoms with E-state index in [-0.39, 0.29) is 11.3 Å². The van der Waals surface area contributed by atoms with Crippen molar-refractivity contribution in [3.05, 3.63) is 47.5 Å². The van der Waals surface area contributed by atoms with Crippen LogP contribution in [0.5, 0.6) is 23.0 Å². The van der Waals surface area contributed by atoms with Gasteiger partial charge in [0.25, 0.3) is 5.91 Å². The molecule has 0 fully saturated rings. The van der Waals surface area contributed by atoms with Gasteiger partial charge in [-0.05, 0) is 35.9 Å². The van der Waals surface area contributed by atoms with Gasteiger partial charge in [0.05, 0.1) is 14.2 Å². The predicted octanol–water partition coefficient (Wildman–Crippen LogP) is 3.18. The largest absolute Gasteiger partial charge is 0.493 e. The minimum absolute atomic E-state index is 0.165. The van der Waals surface area contributed by atoms with Crippen molar-refractivity contribution >= 4 is 5.91 Å². The molecule has 0 aromatic heterocycles. The van der Waals surface area contributed by atoms with Crippen LogP contribution >= 0.6 is 0 Å². The van der Waals surface area contributed by atoms with Gasteiger partial charge in [0, 0.05) is 17.5 Å². The molecule has 1 heterocycles. The average Bonchev–Trinajstić information content (AvgIpc) is 2.71. The van der Waals surface area contributed by atoms with Crippen LogP contribution in [0.25, 0.3) is 0 Å². The molecule has 0 atom stereocenters. The van der Waals surface area contributed by atoms with Gasteiger partial charge in [0.15, 0.2) is 23.0 Å². The topological polar surface area (TPSA) is 66.0 Å². The van der Waals surface area contributed by atoms with Crippen LogP contribution in [0.3, 0.4) is 0 Å². The molecule has 0 saturated heterocycles. The molecule has 0 bridgehead atoms. The van der Waals surface area contributed by atoms with Gasteiger partial charge in [-0.3, -0.25) is 4.79 Å². The van der Waals surface area contributed by atoms with Gasteiger partial charge in [-0.1, -0.05) is 19.9 Å². The number of benzene rings is 2. The Labute approximate surface area is 159 Å². The maximum atomic E-state index is 12.6. The van der Waals surface area contributed by atoms with Crippen molar-refractivity contribution in [3.8, 4) is 23.0 Å². The van der Waals surface area contributed by atoms with Gasteiger partial charge in [0.1, 0.15) is 13.2 Å². The minimum atomic E-state index is -0.276. The highest BCUT2D eigenvalue weighted by molar-refractivity contribution is 5.95. The summed E-state index contributed by atoms with van der Waals surface area (Å²) >= 11 is 0. The zero-order valence-electron chi connectivity index (χ0n) is 16.1. The predicted molar refractivity (Wildman–Crippen MR) is 102 cm³/mol. The van der Waals surface area contributed by atoms with Crippen LogP contribution in [0.15, 0.2) is 36.4 Å². The van der Waals surface area contributed by atoms with Crippen molar-refractivity contribution in [2.75, 3.05) is 34.0 Å². The van der Waals surface area contributed by atoms with E-state index in [9.17, 15) is 4.79 Å². The Hall–Kier alpha value is -2.89. The Morgan fingerprint density at radius 3 is 2.41 bits per heavy atom. The second-order valence-corrected chi connectivity index (χ2v) is 6.99. The summed E-state index contributed by atoms with van der Waals surface area (Å²) in [6.07, 6.45) is 0. The fourth-order valence-corrected chi connectivity index (χ4v) is 2.95. The Morgan fingerprint density at radius 1 is 1.00 bits per heavy atom. The highest BCUT2D eigenvalue weighted by atomic mass is 16.6. The van der Waals surface area contributed by atoms with Gasteiger partial charge >= 0.3 is 0 Å². The Morgan fingerprint density at radius 2 is 1.70 bits per heavy atom. The first-order valence-electron chi connectivity index (χ1n) is 8.85. The molecule has 6 nitrogen and oxygen atoms in total. The first-order valence-corrected chi connectivity index (χ1v) is 8.85. The summed E-state index contributed by atoms with van der Waals surface area (Å²) in [6, 6.07) is 11.0. The molecule has 6 heteroatoms. The number of hydrogen-bond acceptors (Lipinski definition) is 5. The maximum Gasteiger partial charge on any atom is 0.251 e. The number of rotatable bonds is 6. The SMILES string of the molecule is COc1ccc(C(=O)NCC(C)(C)c2ccc3c(c2)OCCO3)cc1OC. The zero-order chi connectivity index (χ0) is 19.4. The molecule has 3 rings (SSSR count). The van der Waals surface area contributed by atoms with E-state index in [2.05, 4.69) is 19.2 Å². The van der Waals surface area contributed by atoms with Crippen molar-refractivity contribution in [1.82, 2.24) is 5.32 Å². The second-order valence-electron chi connectivity index (χ2n) is 6.99. The van der Waals surface area contributed by atoms with Gasteiger partial charge in [-0.2, -0.15) is 0 Å². The normalized spacial score (nSPS) is 13.0. The molecule has 1 amide bonds. The Bertz CT molecular complexity index is 831. The average molecular weight is 371 g/mol. The smallest absolute Gasteiger partial charge is 0.251 e. The number of ether oxygens (including phenoxy) is 4. The first kappa shape index (κ1) is 18.9. The van der Waals surface area contributed by atoms with Gasteiger partial charge in [-0.15, -0.1) is 0 Å². The number of nitrogens with one attached hydrogen (secondary N) is 1. The van der Waals surface area contributed by atoms with Crippen LogP contribution in [0, 0.1) is 0 Å². The number of carbonyl (C=O) groups excluding carboxylic acids is 1. The van der Waals surface area contributed by atoms with Crippen molar-refractivity contribution < 1.29 is 23.7 Å². The summed E-state index contributed by atoms with van der Waals surface area (Å²) in [5.41, 5.74) is 1.31. The molecule has 1 aliphatic rings. The molecule has 2 aromatic carbocycles. The van der Waals surface area contributed by atoms with Crippen LogP contribution in [0.4, 0.5) is 0 Å².